The van der Waals surface area contributed by atoms with E-state index in [-0.39, 0.29) is 6.61 Å². The fourth-order valence-electron chi connectivity index (χ4n) is 1.70. The maximum Gasteiger partial charge on any atom is 0.303 e. The summed E-state index contributed by atoms with van der Waals surface area (Å²) in [5.74, 6) is -2.13. The van der Waals surface area contributed by atoms with Gasteiger partial charge in [0.25, 0.3) is 0 Å². The molecule has 19 heavy (non-hydrogen) atoms. The van der Waals surface area contributed by atoms with Gasteiger partial charge in [0.15, 0.2) is 18.3 Å². The minimum atomic E-state index is -1.96. The second kappa shape index (κ2) is 6.46. The molecule has 4 atom stereocenters. The van der Waals surface area contributed by atoms with E-state index < -0.39 is 42.6 Å². The molecule has 0 aromatic heterocycles. The Kier molecular flexibility index (Phi) is 5.22. The Morgan fingerprint density at radius 2 is 1.42 bits per heavy atom. The summed E-state index contributed by atoms with van der Waals surface area (Å²) in [5.41, 5.74) is 0. The number of rotatable bonds is 3. The molecule has 0 radical (unpaired) electrons. The largest absolute Gasteiger partial charge is 0.456 e. The molecule has 0 aliphatic carbocycles. The molecule has 7 nitrogen and oxygen atoms in total. The lowest BCUT2D eigenvalue weighted by Gasteiger charge is -2.37. The van der Waals surface area contributed by atoms with E-state index in [0.717, 1.165) is 20.8 Å². The van der Waals surface area contributed by atoms with E-state index in [9.17, 15) is 18.8 Å². The second-order valence-electron chi connectivity index (χ2n) is 3.98. The smallest absolute Gasteiger partial charge is 0.303 e. The number of ether oxygens (including phenoxy) is 4. The lowest BCUT2D eigenvalue weighted by Crippen LogP contribution is -2.56. The van der Waals surface area contributed by atoms with Gasteiger partial charge in [-0.15, -0.1) is 0 Å². The monoisotopic (exact) mass is 278 g/mol. The first-order valence-corrected chi connectivity index (χ1v) is 5.58. The zero-order valence-corrected chi connectivity index (χ0v) is 10.8. The van der Waals surface area contributed by atoms with Crippen LogP contribution in [0.5, 0.6) is 0 Å². The summed E-state index contributed by atoms with van der Waals surface area (Å²) < 4.78 is 32.8. The van der Waals surface area contributed by atoms with Crippen molar-refractivity contribution in [3.8, 4) is 0 Å². The fraction of sp³-hybridized carbons (Fsp3) is 0.727. The molecule has 0 amide bonds. The lowest BCUT2D eigenvalue weighted by atomic mass is 10.1. The van der Waals surface area contributed by atoms with Gasteiger partial charge >= 0.3 is 17.9 Å². The molecule has 1 fully saturated rings. The summed E-state index contributed by atoms with van der Waals surface area (Å²) in [4.78, 5) is 32.9. The summed E-state index contributed by atoms with van der Waals surface area (Å²) in [6.45, 7) is 3.04. The zero-order valence-electron chi connectivity index (χ0n) is 10.8. The van der Waals surface area contributed by atoms with Gasteiger partial charge in [-0.2, -0.15) is 0 Å². The molecule has 0 spiro atoms. The standard InChI is InChI=1S/C11H15FO7/c1-5(13)17-8-4-16-11(12)10(19-7(3)15)9(8)18-6(2)14/h8-11H,4H2,1-3H3/t8-,9-,10+,11+/m0/s1. The number of carbonyl (C=O) groups is 3. The molecule has 8 heteroatoms. The predicted molar refractivity (Wildman–Crippen MR) is 57.5 cm³/mol. The number of alkyl halides is 1. The minimum absolute atomic E-state index is 0.295. The van der Waals surface area contributed by atoms with Gasteiger partial charge in [0, 0.05) is 20.8 Å². The van der Waals surface area contributed by atoms with Crippen LogP contribution >= 0.6 is 0 Å². The predicted octanol–water partition coefficient (Wildman–Crippen LogP) is 0.107. The van der Waals surface area contributed by atoms with Crippen LogP contribution in [-0.2, 0) is 33.3 Å². The van der Waals surface area contributed by atoms with Crippen molar-refractivity contribution in [1.82, 2.24) is 0 Å². The van der Waals surface area contributed by atoms with Crippen molar-refractivity contribution in [2.45, 2.75) is 45.4 Å². The number of halogens is 1. The first-order valence-electron chi connectivity index (χ1n) is 5.58. The van der Waals surface area contributed by atoms with Gasteiger partial charge in [-0.1, -0.05) is 0 Å². The van der Waals surface area contributed by atoms with E-state index in [1.807, 2.05) is 0 Å². The Morgan fingerprint density at radius 1 is 0.947 bits per heavy atom. The summed E-state index contributed by atoms with van der Waals surface area (Å²) in [7, 11) is 0. The summed E-state index contributed by atoms with van der Waals surface area (Å²) in [5, 5.41) is 0. The average Bonchev–Trinajstić information content (AvgIpc) is 2.25. The van der Waals surface area contributed by atoms with Crippen molar-refractivity contribution >= 4 is 17.9 Å². The van der Waals surface area contributed by atoms with Crippen molar-refractivity contribution in [1.29, 1.82) is 0 Å². The highest BCUT2D eigenvalue weighted by Crippen LogP contribution is 2.24. The van der Waals surface area contributed by atoms with Crippen LogP contribution in [0.15, 0.2) is 0 Å². The first-order chi connectivity index (χ1) is 8.81. The summed E-state index contributed by atoms with van der Waals surface area (Å²) in [6, 6.07) is 0. The molecule has 1 rings (SSSR count). The molecule has 108 valence electrons. The van der Waals surface area contributed by atoms with Gasteiger partial charge in [-0.05, 0) is 0 Å². The molecular formula is C11H15FO7. The van der Waals surface area contributed by atoms with E-state index in [0.29, 0.717) is 0 Å². The van der Waals surface area contributed by atoms with E-state index >= 15 is 0 Å². The van der Waals surface area contributed by atoms with Crippen LogP contribution in [0.1, 0.15) is 20.8 Å². The van der Waals surface area contributed by atoms with Gasteiger partial charge < -0.3 is 18.9 Å². The minimum Gasteiger partial charge on any atom is -0.456 e. The van der Waals surface area contributed by atoms with Gasteiger partial charge in [0.2, 0.25) is 6.36 Å². The highest BCUT2D eigenvalue weighted by molar-refractivity contribution is 5.68. The molecule has 1 heterocycles. The summed E-state index contributed by atoms with van der Waals surface area (Å²) in [6.07, 6.45) is -5.70. The fourth-order valence-corrected chi connectivity index (χ4v) is 1.70. The van der Waals surface area contributed by atoms with Crippen molar-refractivity contribution in [3.05, 3.63) is 0 Å². The van der Waals surface area contributed by atoms with Crippen LogP contribution in [-0.4, -0.2) is 49.2 Å². The van der Waals surface area contributed by atoms with E-state index in [4.69, 9.17) is 18.9 Å². The second-order valence-corrected chi connectivity index (χ2v) is 3.98. The van der Waals surface area contributed by atoms with E-state index in [2.05, 4.69) is 0 Å². The number of esters is 3. The van der Waals surface area contributed by atoms with Crippen LogP contribution in [0.4, 0.5) is 4.39 Å². The van der Waals surface area contributed by atoms with Crippen LogP contribution < -0.4 is 0 Å². The van der Waals surface area contributed by atoms with Gasteiger partial charge in [-0.3, -0.25) is 14.4 Å². The van der Waals surface area contributed by atoms with Crippen LogP contribution in [0, 0.1) is 0 Å². The Labute approximate surface area is 108 Å². The maximum absolute atomic E-state index is 13.6. The Balaban J connectivity index is 2.89. The Morgan fingerprint density at radius 3 is 1.89 bits per heavy atom. The first kappa shape index (κ1) is 15.4. The molecule has 0 aromatic rings. The number of hydrogen-bond acceptors (Lipinski definition) is 7. The van der Waals surface area contributed by atoms with Gasteiger partial charge in [-0.25, -0.2) is 4.39 Å². The Bertz CT molecular complexity index is 370. The van der Waals surface area contributed by atoms with E-state index in [1.54, 1.807) is 0 Å². The van der Waals surface area contributed by atoms with Crippen molar-refractivity contribution in [3.63, 3.8) is 0 Å². The summed E-state index contributed by atoms with van der Waals surface area (Å²) >= 11 is 0. The van der Waals surface area contributed by atoms with Gasteiger partial charge in [0.1, 0.15) is 0 Å². The number of carbonyl (C=O) groups excluding carboxylic acids is 3. The highest BCUT2D eigenvalue weighted by atomic mass is 19.1. The highest BCUT2D eigenvalue weighted by Gasteiger charge is 2.47. The van der Waals surface area contributed by atoms with Crippen molar-refractivity contribution in [2.24, 2.45) is 0 Å². The van der Waals surface area contributed by atoms with Crippen molar-refractivity contribution < 1.29 is 37.7 Å². The molecule has 1 saturated heterocycles. The lowest BCUT2D eigenvalue weighted by molar-refractivity contribution is -0.248. The third-order valence-corrected chi connectivity index (χ3v) is 2.29. The molecule has 0 aromatic carbocycles. The maximum atomic E-state index is 13.6. The topological polar surface area (TPSA) is 88.1 Å². The SMILES string of the molecule is CC(=O)O[C@@H]1[C@@H](OC(C)=O)[C@@H](OC(C)=O)CO[C@H]1F. The van der Waals surface area contributed by atoms with Crippen molar-refractivity contribution in [2.75, 3.05) is 6.61 Å². The van der Waals surface area contributed by atoms with Crippen LogP contribution in [0.25, 0.3) is 0 Å². The van der Waals surface area contributed by atoms with Gasteiger partial charge in [0.05, 0.1) is 6.61 Å². The van der Waals surface area contributed by atoms with E-state index in [1.165, 1.54) is 0 Å². The molecule has 0 unspecified atom stereocenters. The molecule has 0 bridgehead atoms. The normalized spacial score (nSPS) is 30.3. The number of hydrogen-bond donors (Lipinski definition) is 0. The van der Waals surface area contributed by atoms with Crippen LogP contribution in [0.2, 0.25) is 0 Å². The van der Waals surface area contributed by atoms with Crippen LogP contribution in [0.3, 0.4) is 0 Å². The zero-order chi connectivity index (χ0) is 14.6. The third kappa shape index (κ3) is 4.47. The molecule has 0 N–H and O–H groups in total. The average molecular weight is 278 g/mol. The Hall–Kier alpha value is -1.70. The molecule has 1 aliphatic heterocycles. The molecular weight excluding hydrogens is 263 g/mol. The third-order valence-electron chi connectivity index (χ3n) is 2.29. The quantitative estimate of drug-likeness (QED) is 0.534. The molecule has 0 saturated carbocycles. The molecule has 1 aliphatic rings.